The molecule has 0 fully saturated rings. The fourth-order valence-electron chi connectivity index (χ4n) is 2.14. The van der Waals surface area contributed by atoms with Crippen molar-refractivity contribution in [3.63, 3.8) is 0 Å². The smallest absolute Gasteiger partial charge is 0.262 e. The molecule has 0 aliphatic heterocycles. The molecule has 0 aliphatic carbocycles. The maximum atomic E-state index is 12.3. The van der Waals surface area contributed by atoms with Crippen molar-refractivity contribution in [2.75, 3.05) is 5.32 Å². The van der Waals surface area contributed by atoms with Crippen LogP contribution in [0, 0.1) is 0 Å². The van der Waals surface area contributed by atoms with Gasteiger partial charge in [0, 0.05) is 5.69 Å². The van der Waals surface area contributed by atoms with E-state index >= 15 is 0 Å². The van der Waals surface area contributed by atoms with Gasteiger partial charge in [0.25, 0.3) is 5.91 Å². The molecule has 1 amide bonds. The van der Waals surface area contributed by atoms with Gasteiger partial charge in [-0.25, -0.2) is 0 Å². The Morgan fingerprint density at radius 1 is 1.09 bits per heavy atom. The maximum absolute atomic E-state index is 12.3. The van der Waals surface area contributed by atoms with Gasteiger partial charge in [-0.15, -0.1) is 0 Å². The standard InChI is InChI=1S/C18H13NO3/c1-2-12-7-9-13(10-8-12)19-18(21)15-11-22-16-6-4-3-5-14(16)17(15)20/h2-11H,1H2,(H,19,21). The van der Waals surface area contributed by atoms with Crippen LogP contribution in [0.5, 0.6) is 0 Å². The third-order valence-corrected chi connectivity index (χ3v) is 3.33. The summed E-state index contributed by atoms with van der Waals surface area (Å²) in [7, 11) is 0. The van der Waals surface area contributed by atoms with E-state index in [0.717, 1.165) is 5.56 Å². The van der Waals surface area contributed by atoms with Crippen LogP contribution in [0.3, 0.4) is 0 Å². The molecule has 0 saturated heterocycles. The van der Waals surface area contributed by atoms with Gasteiger partial charge in [-0.05, 0) is 29.8 Å². The summed E-state index contributed by atoms with van der Waals surface area (Å²) in [5.41, 5.74) is 1.64. The highest BCUT2D eigenvalue weighted by atomic mass is 16.3. The summed E-state index contributed by atoms with van der Waals surface area (Å²) in [6, 6.07) is 14.0. The highest BCUT2D eigenvalue weighted by Gasteiger charge is 2.14. The Morgan fingerprint density at radius 2 is 1.82 bits per heavy atom. The number of carbonyl (C=O) groups excluding carboxylic acids is 1. The predicted octanol–water partition coefficient (Wildman–Crippen LogP) is 3.69. The number of amides is 1. The molecule has 0 aliphatic rings. The van der Waals surface area contributed by atoms with Crippen LogP contribution in [-0.2, 0) is 0 Å². The predicted molar refractivity (Wildman–Crippen MR) is 87.0 cm³/mol. The lowest BCUT2D eigenvalue weighted by atomic mass is 10.1. The molecule has 22 heavy (non-hydrogen) atoms. The average Bonchev–Trinajstić information content (AvgIpc) is 2.56. The summed E-state index contributed by atoms with van der Waals surface area (Å²) < 4.78 is 5.34. The van der Waals surface area contributed by atoms with Gasteiger partial charge in [0.05, 0.1) is 5.39 Å². The summed E-state index contributed by atoms with van der Waals surface area (Å²) in [6.07, 6.45) is 2.90. The minimum absolute atomic E-state index is 0.0218. The SMILES string of the molecule is C=Cc1ccc(NC(=O)c2coc3ccccc3c2=O)cc1. The van der Waals surface area contributed by atoms with Gasteiger partial charge >= 0.3 is 0 Å². The van der Waals surface area contributed by atoms with E-state index in [1.165, 1.54) is 6.26 Å². The zero-order valence-corrected chi connectivity index (χ0v) is 11.7. The number of nitrogens with one attached hydrogen (secondary N) is 1. The first-order chi connectivity index (χ1) is 10.7. The Morgan fingerprint density at radius 3 is 2.55 bits per heavy atom. The van der Waals surface area contributed by atoms with Gasteiger partial charge in [-0.2, -0.15) is 0 Å². The average molecular weight is 291 g/mol. The molecular weight excluding hydrogens is 278 g/mol. The summed E-state index contributed by atoms with van der Waals surface area (Å²) in [5.74, 6) is -0.495. The summed E-state index contributed by atoms with van der Waals surface area (Å²) in [5, 5.41) is 3.07. The van der Waals surface area contributed by atoms with Crippen molar-refractivity contribution in [1.29, 1.82) is 0 Å². The number of rotatable bonds is 3. The Labute approximate surface area is 126 Å². The zero-order chi connectivity index (χ0) is 15.5. The fourth-order valence-corrected chi connectivity index (χ4v) is 2.14. The van der Waals surface area contributed by atoms with Crippen LogP contribution in [0.1, 0.15) is 15.9 Å². The van der Waals surface area contributed by atoms with E-state index < -0.39 is 5.91 Å². The Kier molecular flexibility index (Phi) is 3.58. The van der Waals surface area contributed by atoms with Crippen molar-refractivity contribution < 1.29 is 9.21 Å². The van der Waals surface area contributed by atoms with Gasteiger partial charge in [0.2, 0.25) is 5.43 Å². The molecular formula is C18H13NO3. The number of hydrogen-bond donors (Lipinski definition) is 1. The number of benzene rings is 2. The second-order valence-electron chi connectivity index (χ2n) is 4.75. The second kappa shape index (κ2) is 5.69. The van der Waals surface area contributed by atoms with E-state index in [1.54, 1.807) is 42.5 Å². The van der Waals surface area contributed by atoms with Gasteiger partial charge in [0.1, 0.15) is 17.4 Å². The van der Waals surface area contributed by atoms with Crippen molar-refractivity contribution in [3.05, 3.63) is 82.7 Å². The normalized spacial score (nSPS) is 10.4. The first kappa shape index (κ1) is 13.8. The molecule has 4 nitrogen and oxygen atoms in total. The molecule has 2 aromatic carbocycles. The van der Waals surface area contributed by atoms with Crippen molar-refractivity contribution in [2.45, 2.75) is 0 Å². The van der Waals surface area contributed by atoms with E-state index in [4.69, 9.17) is 4.42 Å². The van der Waals surface area contributed by atoms with E-state index in [9.17, 15) is 9.59 Å². The lowest BCUT2D eigenvalue weighted by molar-refractivity contribution is 0.102. The summed E-state index contributed by atoms with van der Waals surface area (Å²) in [6.45, 7) is 3.67. The third-order valence-electron chi connectivity index (χ3n) is 3.33. The van der Waals surface area contributed by atoms with Crippen LogP contribution in [0.25, 0.3) is 17.0 Å². The maximum Gasteiger partial charge on any atom is 0.262 e. The molecule has 1 aromatic heterocycles. The highest BCUT2D eigenvalue weighted by molar-refractivity contribution is 6.05. The van der Waals surface area contributed by atoms with E-state index in [0.29, 0.717) is 16.7 Å². The van der Waals surface area contributed by atoms with Crippen LogP contribution >= 0.6 is 0 Å². The molecule has 1 N–H and O–H groups in total. The monoisotopic (exact) mass is 291 g/mol. The molecule has 0 spiro atoms. The van der Waals surface area contributed by atoms with E-state index in [2.05, 4.69) is 11.9 Å². The Hall–Kier alpha value is -3.14. The molecule has 108 valence electrons. The van der Waals surface area contributed by atoms with Crippen molar-refractivity contribution in [3.8, 4) is 0 Å². The topological polar surface area (TPSA) is 59.3 Å². The Bertz CT molecular complexity index is 908. The van der Waals surface area contributed by atoms with Crippen molar-refractivity contribution in [2.24, 2.45) is 0 Å². The first-order valence-electron chi connectivity index (χ1n) is 6.73. The van der Waals surface area contributed by atoms with Gasteiger partial charge < -0.3 is 9.73 Å². The van der Waals surface area contributed by atoms with Crippen molar-refractivity contribution >= 4 is 28.6 Å². The minimum Gasteiger partial charge on any atom is -0.463 e. The van der Waals surface area contributed by atoms with Crippen LogP contribution < -0.4 is 10.7 Å². The summed E-state index contributed by atoms with van der Waals surface area (Å²) >= 11 is 0. The van der Waals surface area contributed by atoms with Crippen molar-refractivity contribution in [1.82, 2.24) is 0 Å². The second-order valence-corrected chi connectivity index (χ2v) is 4.75. The number of carbonyl (C=O) groups is 1. The van der Waals surface area contributed by atoms with E-state index in [1.807, 2.05) is 12.1 Å². The van der Waals surface area contributed by atoms with E-state index in [-0.39, 0.29) is 11.0 Å². The molecule has 4 heteroatoms. The zero-order valence-electron chi connectivity index (χ0n) is 11.7. The molecule has 1 heterocycles. The first-order valence-corrected chi connectivity index (χ1v) is 6.73. The molecule has 0 saturated carbocycles. The van der Waals surface area contributed by atoms with Gasteiger partial charge in [-0.3, -0.25) is 9.59 Å². The molecule has 3 rings (SSSR count). The fraction of sp³-hybridized carbons (Fsp3) is 0. The number of anilines is 1. The molecule has 0 unspecified atom stereocenters. The minimum atomic E-state index is -0.495. The molecule has 0 atom stereocenters. The highest BCUT2D eigenvalue weighted by Crippen LogP contribution is 2.13. The van der Waals surface area contributed by atoms with Crippen LogP contribution in [0.15, 0.2) is 70.6 Å². The summed E-state index contributed by atoms with van der Waals surface area (Å²) in [4.78, 5) is 24.6. The molecule has 3 aromatic rings. The molecule has 0 radical (unpaired) electrons. The van der Waals surface area contributed by atoms with Crippen LogP contribution in [0.4, 0.5) is 5.69 Å². The van der Waals surface area contributed by atoms with Gasteiger partial charge in [-0.1, -0.05) is 36.9 Å². The number of hydrogen-bond acceptors (Lipinski definition) is 3. The lowest BCUT2D eigenvalue weighted by Crippen LogP contribution is -2.21. The number of fused-ring (bicyclic) bond motifs is 1. The van der Waals surface area contributed by atoms with Crippen LogP contribution in [0.2, 0.25) is 0 Å². The largest absolute Gasteiger partial charge is 0.463 e. The lowest BCUT2D eigenvalue weighted by Gasteiger charge is -2.05. The van der Waals surface area contributed by atoms with Gasteiger partial charge in [0.15, 0.2) is 0 Å². The third kappa shape index (κ3) is 2.54. The Balaban J connectivity index is 1.93. The molecule has 0 bridgehead atoms. The van der Waals surface area contributed by atoms with Crippen LogP contribution in [-0.4, -0.2) is 5.91 Å². The number of para-hydroxylation sites is 1. The quantitative estimate of drug-likeness (QED) is 0.800.